The lowest BCUT2D eigenvalue weighted by Gasteiger charge is -2.24. The van der Waals surface area contributed by atoms with Crippen LogP contribution < -0.4 is 9.47 Å². The van der Waals surface area contributed by atoms with Gasteiger partial charge in [-0.15, -0.1) is 0 Å². The molecule has 0 radical (unpaired) electrons. The molecule has 0 fully saturated rings. The van der Waals surface area contributed by atoms with E-state index >= 15 is 0 Å². The topological polar surface area (TPSA) is 45.5 Å². The van der Waals surface area contributed by atoms with Crippen LogP contribution in [0.3, 0.4) is 0 Å². The SMILES string of the molecule is COc1ccc(C(CC#N)N(C)C)c(OC)c1. The van der Waals surface area contributed by atoms with Crippen LogP contribution in [0.4, 0.5) is 0 Å². The highest BCUT2D eigenvalue weighted by atomic mass is 16.5. The summed E-state index contributed by atoms with van der Waals surface area (Å²) in [6.07, 6.45) is 0.426. The summed E-state index contributed by atoms with van der Waals surface area (Å²) < 4.78 is 10.5. The average molecular weight is 234 g/mol. The molecule has 1 rings (SSSR count). The van der Waals surface area contributed by atoms with E-state index in [1.807, 2.05) is 37.2 Å². The third kappa shape index (κ3) is 3.11. The van der Waals surface area contributed by atoms with Gasteiger partial charge in [0.25, 0.3) is 0 Å². The minimum atomic E-state index is 0.0286. The fourth-order valence-electron chi connectivity index (χ4n) is 1.75. The Kier molecular flexibility index (Phi) is 4.80. The Hall–Kier alpha value is -1.73. The number of rotatable bonds is 5. The van der Waals surface area contributed by atoms with E-state index in [4.69, 9.17) is 14.7 Å². The monoisotopic (exact) mass is 234 g/mol. The lowest BCUT2D eigenvalue weighted by Crippen LogP contribution is -2.20. The van der Waals surface area contributed by atoms with Gasteiger partial charge in [-0.1, -0.05) is 6.07 Å². The smallest absolute Gasteiger partial charge is 0.127 e. The van der Waals surface area contributed by atoms with Crippen molar-refractivity contribution in [2.45, 2.75) is 12.5 Å². The van der Waals surface area contributed by atoms with Crippen molar-refractivity contribution in [1.82, 2.24) is 4.90 Å². The summed E-state index contributed by atoms with van der Waals surface area (Å²) in [4.78, 5) is 2.01. The number of hydrogen-bond donors (Lipinski definition) is 0. The summed E-state index contributed by atoms with van der Waals surface area (Å²) in [6.45, 7) is 0. The molecular weight excluding hydrogens is 216 g/mol. The third-order valence-corrected chi connectivity index (χ3v) is 2.71. The molecule has 0 aliphatic carbocycles. The number of nitrogens with zero attached hydrogens (tertiary/aromatic N) is 2. The van der Waals surface area contributed by atoms with Crippen molar-refractivity contribution in [3.05, 3.63) is 23.8 Å². The fourth-order valence-corrected chi connectivity index (χ4v) is 1.75. The molecule has 92 valence electrons. The zero-order valence-electron chi connectivity index (χ0n) is 10.7. The number of methoxy groups -OCH3 is 2. The van der Waals surface area contributed by atoms with Gasteiger partial charge in [0.2, 0.25) is 0 Å². The zero-order valence-corrected chi connectivity index (χ0v) is 10.7. The van der Waals surface area contributed by atoms with Crippen molar-refractivity contribution in [3.63, 3.8) is 0 Å². The van der Waals surface area contributed by atoms with Gasteiger partial charge in [0.05, 0.1) is 32.8 Å². The molecule has 0 aromatic heterocycles. The first-order valence-corrected chi connectivity index (χ1v) is 5.39. The van der Waals surface area contributed by atoms with Crippen LogP contribution in [0.5, 0.6) is 11.5 Å². The summed E-state index contributed by atoms with van der Waals surface area (Å²) >= 11 is 0. The second-order valence-corrected chi connectivity index (χ2v) is 3.95. The normalized spacial score (nSPS) is 12.0. The molecule has 1 atom stereocenters. The lowest BCUT2D eigenvalue weighted by molar-refractivity contribution is 0.291. The molecule has 0 aliphatic rings. The van der Waals surface area contributed by atoms with Gasteiger partial charge in [-0.2, -0.15) is 5.26 Å². The molecule has 0 bridgehead atoms. The number of benzene rings is 1. The molecule has 0 amide bonds. The average Bonchev–Trinajstić information content (AvgIpc) is 2.35. The van der Waals surface area contributed by atoms with E-state index in [0.29, 0.717) is 6.42 Å². The fraction of sp³-hybridized carbons (Fsp3) is 0.462. The van der Waals surface area contributed by atoms with Crippen LogP contribution in [0.2, 0.25) is 0 Å². The zero-order chi connectivity index (χ0) is 12.8. The predicted octanol–water partition coefficient (Wildman–Crippen LogP) is 2.22. The minimum Gasteiger partial charge on any atom is -0.497 e. The lowest BCUT2D eigenvalue weighted by atomic mass is 10.0. The Morgan fingerprint density at radius 1 is 1.29 bits per heavy atom. The molecule has 4 heteroatoms. The van der Waals surface area contributed by atoms with E-state index < -0.39 is 0 Å². The predicted molar refractivity (Wildman–Crippen MR) is 66.2 cm³/mol. The molecule has 4 nitrogen and oxygen atoms in total. The Labute approximate surface area is 102 Å². The van der Waals surface area contributed by atoms with Crippen molar-refractivity contribution in [2.24, 2.45) is 0 Å². The van der Waals surface area contributed by atoms with E-state index in [-0.39, 0.29) is 6.04 Å². The van der Waals surface area contributed by atoms with Gasteiger partial charge in [0.15, 0.2) is 0 Å². The van der Waals surface area contributed by atoms with Crippen molar-refractivity contribution < 1.29 is 9.47 Å². The van der Waals surface area contributed by atoms with Gasteiger partial charge >= 0.3 is 0 Å². The maximum atomic E-state index is 8.87. The van der Waals surface area contributed by atoms with E-state index in [0.717, 1.165) is 17.1 Å². The molecule has 0 aliphatic heterocycles. The number of nitriles is 1. The maximum Gasteiger partial charge on any atom is 0.127 e. The van der Waals surface area contributed by atoms with E-state index in [1.165, 1.54) is 0 Å². The van der Waals surface area contributed by atoms with Crippen LogP contribution in [0.25, 0.3) is 0 Å². The minimum absolute atomic E-state index is 0.0286. The second kappa shape index (κ2) is 6.12. The molecule has 0 heterocycles. The van der Waals surface area contributed by atoms with Gasteiger partial charge < -0.3 is 14.4 Å². The van der Waals surface area contributed by atoms with Crippen LogP contribution in [0.1, 0.15) is 18.0 Å². The summed E-state index contributed by atoms with van der Waals surface area (Å²) in [7, 11) is 7.14. The molecule has 0 saturated heterocycles. The number of hydrogen-bond acceptors (Lipinski definition) is 4. The summed E-state index contributed by atoms with van der Waals surface area (Å²) in [5.74, 6) is 1.50. The van der Waals surface area contributed by atoms with Crippen LogP contribution in [0, 0.1) is 11.3 Å². The Bertz CT molecular complexity index is 410. The van der Waals surface area contributed by atoms with Crippen molar-refractivity contribution in [3.8, 4) is 17.6 Å². The van der Waals surface area contributed by atoms with Gasteiger partial charge in [-0.3, -0.25) is 0 Å². The quantitative estimate of drug-likeness (QED) is 0.783. The van der Waals surface area contributed by atoms with Crippen LogP contribution in [-0.2, 0) is 0 Å². The van der Waals surface area contributed by atoms with Crippen LogP contribution >= 0.6 is 0 Å². The van der Waals surface area contributed by atoms with E-state index in [2.05, 4.69) is 6.07 Å². The molecule has 17 heavy (non-hydrogen) atoms. The van der Waals surface area contributed by atoms with Gasteiger partial charge in [0, 0.05) is 11.6 Å². The van der Waals surface area contributed by atoms with Gasteiger partial charge in [-0.05, 0) is 20.2 Å². The Balaban J connectivity index is 3.14. The van der Waals surface area contributed by atoms with Gasteiger partial charge in [-0.25, -0.2) is 0 Å². The summed E-state index contributed by atoms with van der Waals surface area (Å²) in [5, 5.41) is 8.87. The molecular formula is C13H18N2O2. The molecule has 0 N–H and O–H groups in total. The van der Waals surface area contributed by atoms with E-state index in [9.17, 15) is 0 Å². The first-order valence-electron chi connectivity index (χ1n) is 5.39. The van der Waals surface area contributed by atoms with E-state index in [1.54, 1.807) is 14.2 Å². The standard InChI is InChI=1S/C13H18N2O2/c1-15(2)12(7-8-14)11-6-5-10(16-3)9-13(11)17-4/h5-6,9,12H,7H2,1-4H3. The molecule has 1 unspecified atom stereocenters. The van der Waals surface area contributed by atoms with Crippen LogP contribution in [-0.4, -0.2) is 33.2 Å². The third-order valence-electron chi connectivity index (χ3n) is 2.71. The highest BCUT2D eigenvalue weighted by Crippen LogP contribution is 2.33. The highest BCUT2D eigenvalue weighted by molar-refractivity contribution is 5.42. The Morgan fingerprint density at radius 3 is 2.47 bits per heavy atom. The molecule has 1 aromatic carbocycles. The second-order valence-electron chi connectivity index (χ2n) is 3.95. The molecule has 1 aromatic rings. The highest BCUT2D eigenvalue weighted by Gasteiger charge is 2.18. The number of ether oxygens (including phenoxy) is 2. The molecule has 0 spiro atoms. The van der Waals surface area contributed by atoms with Gasteiger partial charge in [0.1, 0.15) is 11.5 Å². The Morgan fingerprint density at radius 2 is 2.00 bits per heavy atom. The summed E-state index contributed by atoms with van der Waals surface area (Å²) in [5.41, 5.74) is 1.000. The first kappa shape index (κ1) is 13.3. The van der Waals surface area contributed by atoms with Crippen molar-refractivity contribution in [2.75, 3.05) is 28.3 Å². The first-order chi connectivity index (χ1) is 8.13. The molecule has 0 saturated carbocycles. The van der Waals surface area contributed by atoms with Crippen molar-refractivity contribution in [1.29, 1.82) is 5.26 Å². The van der Waals surface area contributed by atoms with Crippen LogP contribution in [0.15, 0.2) is 18.2 Å². The maximum absolute atomic E-state index is 8.87. The largest absolute Gasteiger partial charge is 0.497 e. The van der Waals surface area contributed by atoms with Crippen molar-refractivity contribution >= 4 is 0 Å². The summed E-state index contributed by atoms with van der Waals surface area (Å²) in [6, 6.07) is 7.89.